The van der Waals surface area contributed by atoms with Crippen molar-refractivity contribution in [1.82, 2.24) is 15.3 Å². The number of likely N-dealkylation sites (N-methyl/N-ethyl adjacent to an activating group) is 1. The minimum absolute atomic E-state index is 0.134. The average molecular weight is 367 g/mol. The smallest absolute Gasteiger partial charge is 0.368 e. The molecular weight excluding hydrogens is 351 g/mol. The first-order valence-corrected chi connectivity index (χ1v) is 8.67. The first-order chi connectivity index (χ1) is 11.9. The van der Waals surface area contributed by atoms with Crippen molar-refractivity contribution in [1.29, 1.82) is 0 Å². The molecule has 0 saturated carbocycles. The minimum atomic E-state index is -4.37. The van der Waals surface area contributed by atoms with E-state index in [1.807, 2.05) is 7.05 Å². The van der Waals surface area contributed by atoms with Gasteiger partial charge in [-0.3, -0.25) is 0 Å². The minimum Gasteiger partial charge on any atom is -0.368 e. The van der Waals surface area contributed by atoms with Crippen LogP contribution in [0.25, 0.3) is 20.3 Å². The Balaban J connectivity index is 1.89. The van der Waals surface area contributed by atoms with E-state index in [9.17, 15) is 13.2 Å². The van der Waals surface area contributed by atoms with Crippen molar-refractivity contribution < 1.29 is 13.2 Å². The first kappa shape index (κ1) is 16.3. The molecule has 3 N–H and O–H groups in total. The molecular formula is C16H16F3N5S. The number of hydrogen-bond donors (Lipinski definition) is 2. The number of nitrogen functional groups attached to an aromatic ring is 1. The highest BCUT2D eigenvalue weighted by molar-refractivity contribution is 7.26. The topological polar surface area (TPSA) is 67.1 Å². The molecule has 0 spiro atoms. The van der Waals surface area contributed by atoms with Crippen molar-refractivity contribution in [2.45, 2.75) is 18.6 Å². The summed E-state index contributed by atoms with van der Waals surface area (Å²) in [4.78, 5) is 10.8. The lowest BCUT2D eigenvalue weighted by Crippen LogP contribution is -2.30. The van der Waals surface area contributed by atoms with Crippen molar-refractivity contribution in [2.75, 3.05) is 30.8 Å². The summed E-state index contributed by atoms with van der Waals surface area (Å²) in [6.07, 6.45) is -3.39. The second-order valence-corrected chi connectivity index (χ2v) is 7.17. The summed E-state index contributed by atoms with van der Waals surface area (Å²) in [5, 5.41) is 3.91. The Morgan fingerprint density at radius 3 is 2.80 bits per heavy atom. The van der Waals surface area contributed by atoms with Crippen molar-refractivity contribution in [2.24, 2.45) is 0 Å². The van der Waals surface area contributed by atoms with Crippen LogP contribution in [0, 0.1) is 0 Å². The molecule has 0 bridgehead atoms. The number of nitrogens with one attached hydrogen (secondary N) is 1. The van der Waals surface area contributed by atoms with Gasteiger partial charge in [-0.15, -0.1) is 11.3 Å². The van der Waals surface area contributed by atoms with Crippen LogP contribution in [0.4, 0.5) is 24.9 Å². The maximum absolute atomic E-state index is 13.0. The molecule has 2 aromatic heterocycles. The summed E-state index contributed by atoms with van der Waals surface area (Å²) in [6.45, 7) is 1.60. The fraction of sp³-hybridized carbons (Fsp3) is 0.375. The van der Waals surface area contributed by atoms with Gasteiger partial charge in [-0.25, -0.2) is 4.98 Å². The summed E-state index contributed by atoms with van der Waals surface area (Å²) in [7, 11) is 1.91. The van der Waals surface area contributed by atoms with Gasteiger partial charge >= 0.3 is 6.18 Å². The number of benzene rings is 1. The van der Waals surface area contributed by atoms with Gasteiger partial charge in [0.05, 0.1) is 15.8 Å². The van der Waals surface area contributed by atoms with Gasteiger partial charge in [-0.05, 0) is 25.6 Å². The van der Waals surface area contributed by atoms with Gasteiger partial charge in [0.25, 0.3) is 0 Å². The van der Waals surface area contributed by atoms with Gasteiger partial charge in [-0.1, -0.05) is 6.07 Å². The standard InChI is InChI=1S/C16H16F3N5S/c1-21-9-4-5-24(7-9)14-13-12(22-15(20)23-14)10-3-2-8(16(17,18)19)6-11(10)25-13/h2-3,6,9,21H,4-5,7H2,1H3,(H2,20,22,23)/t9-/m1/s1. The molecule has 1 aliphatic rings. The number of rotatable bonds is 2. The van der Waals surface area contributed by atoms with Crippen LogP contribution >= 0.6 is 11.3 Å². The summed E-state index contributed by atoms with van der Waals surface area (Å²) in [5.74, 6) is 0.838. The molecule has 1 atom stereocenters. The Labute approximate surface area is 145 Å². The molecule has 1 aliphatic heterocycles. The SMILES string of the molecule is CN[C@@H]1CCN(c2nc(N)nc3c2sc2cc(C(F)(F)F)ccc23)C1. The van der Waals surface area contributed by atoms with Gasteiger partial charge in [0, 0.05) is 29.2 Å². The van der Waals surface area contributed by atoms with Crippen LogP contribution in [0.3, 0.4) is 0 Å². The molecule has 132 valence electrons. The van der Waals surface area contributed by atoms with E-state index in [1.54, 1.807) is 0 Å². The Kier molecular flexibility index (Phi) is 3.73. The summed E-state index contributed by atoms with van der Waals surface area (Å²) >= 11 is 1.28. The molecule has 4 rings (SSSR count). The van der Waals surface area contributed by atoms with Crippen LogP contribution in [-0.4, -0.2) is 36.1 Å². The zero-order valence-corrected chi connectivity index (χ0v) is 14.2. The van der Waals surface area contributed by atoms with Crippen LogP contribution in [-0.2, 0) is 6.18 Å². The summed E-state index contributed by atoms with van der Waals surface area (Å²) in [5.41, 5.74) is 5.82. The van der Waals surface area contributed by atoms with Crippen molar-refractivity contribution in [3.8, 4) is 0 Å². The second kappa shape index (κ2) is 5.70. The lowest BCUT2D eigenvalue weighted by Gasteiger charge is -2.18. The van der Waals surface area contributed by atoms with E-state index in [0.717, 1.165) is 30.3 Å². The van der Waals surface area contributed by atoms with Crippen LogP contribution in [0.2, 0.25) is 0 Å². The van der Waals surface area contributed by atoms with Gasteiger partial charge in [0.1, 0.15) is 0 Å². The molecule has 1 fully saturated rings. The number of nitrogens with two attached hydrogens (primary N) is 1. The van der Waals surface area contributed by atoms with Gasteiger partial charge < -0.3 is 16.0 Å². The van der Waals surface area contributed by atoms with Crippen LogP contribution in [0.5, 0.6) is 0 Å². The molecule has 0 unspecified atom stereocenters. The normalized spacial score (nSPS) is 18.6. The summed E-state index contributed by atoms with van der Waals surface area (Å²) < 4.78 is 40.3. The van der Waals surface area contributed by atoms with Crippen LogP contribution in [0.15, 0.2) is 18.2 Å². The van der Waals surface area contributed by atoms with E-state index in [2.05, 4.69) is 20.2 Å². The van der Waals surface area contributed by atoms with Crippen LogP contribution < -0.4 is 16.0 Å². The number of hydrogen-bond acceptors (Lipinski definition) is 6. The van der Waals surface area contributed by atoms with E-state index in [4.69, 9.17) is 5.73 Å². The van der Waals surface area contributed by atoms with Crippen LogP contribution in [0.1, 0.15) is 12.0 Å². The zero-order valence-electron chi connectivity index (χ0n) is 13.4. The lowest BCUT2D eigenvalue weighted by atomic mass is 10.1. The fourth-order valence-corrected chi connectivity index (χ4v) is 4.42. The van der Waals surface area contributed by atoms with Crippen molar-refractivity contribution in [3.05, 3.63) is 23.8 Å². The number of thiophene rings is 1. The maximum atomic E-state index is 13.0. The Hall–Kier alpha value is -2.13. The van der Waals surface area contributed by atoms with E-state index in [0.29, 0.717) is 27.5 Å². The van der Waals surface area contributed by atoms with E-state index in [-0.39, 0.29) is 5.95 Å². The van der Waals surface area contributed by atoms with Gasteiger partial charge in [0.15, 0.2) is 5.82 Å². The van der Waals surface area contributed by atoms with Crippen molar-refractivity contribution in [3.63, 3.8) is 0 Å². The number of nitrogens with zero attached hydrogens (tertiary/aromatic N) is 3. The number of anilines is 2. The van der Waals surface area contributed by atoms with E-state index < -0.39 is 11.7 Å². The third kappa shape index (κ3) is 2.77. The highest BCUT2D eigenvalue weighted by atomic mass is 32.1. The molecule has 0 aliphatic carbocycles. The summed E-state index contributed by atoms with van der Waals surface area (Å²) in [6, 6.07) is 4.08. The first-order valence-electron chi connectivity index (χ1n) is 7.86. The number of halogens is 3. The largest absolute Gasteiger partial charge is 0.416 e. The van der Waals surface area contributed by atoms with E-state index >= 15 is 0 Å². The zero-order chi connectivity index (χ0) is 17.8. The molecule has 1 aromatic carbocycles. The third-order valence-corrected chi connectivity index (χ3v) is 5.67. The van der Waals surface area contributed by atoms with Gasteiger partial charge in [-0.2, -0.15) is 18.2 Å². The molecule has 9 heteroatoms. The molecule has 3 aromatic rings. The molecule has 25 heavy (non-hydrogen) atoms. The highest BCUT2D eigenvalue weighted by Gasteiger charge is 2.31. The van der Waals surface area contributed by atoms with Crippen molar-refractivity contribution >= 4 is 43.4 Å². The predicted octanol–water partition coefficient (Wildman–Crippen LogP) is 3.24. The lowest BCUT2D eigenvalue weighted by molar-refractivity contribution is -0.137. The molecule has 1 saturated heterocycles. The quantitative estimate of drug-likeness (QED) is 0.728. The van der Waals surface area contributed by atoms with Gasteiger partial charge in [0.2, 0.25) is 5.95 Å². The van der Waals surface area contributed by atoms with E-state index in [1.165, 1.54) is 23.5 Å². The maximum Gasteiger partial charge on any atom is 0.416 e. The molecule has 0 radical (unpaired) electrons. The monoisotopic (exact) mass is 367 g/mol. The number of alkyl halides is 3. The Morgan fingerprint density at radius 1 is 1.32 bits per heavy atom. The Bertz CT molecular complexity index is 952. The number of aromatic nitrogens is 2. The molecule has 5 nitrogen and oxygen atoms in total. The Morgan fingerprint density at radius 2 is 2.12 bits per heavy atom. The second-order valence-electron chi connectivity index (χ2n) is 6.11. The fourth-order valence-electron chi connectivity index (χ4n) is 3.22. The number of fused-ring (bicyclic) bond motifs is 3. The third-order valence-electron chi connectivity index (χ3n) is 4.54. The molecule has 0 amide bonds. The predicted molar refractivity (Wildman–Crippen MR) is 94.0 cm³/mol. The molecule has 3 heterocycles. The average Bonchev–Trinajstić information content (AvgIpc) is 3.17. The highest BCUT2D eigenvalue weighted by Crippen LogP contribution is 2.41.